The zero-order valence-electron chi connectivity index (χ0n) is 12.2. The Morgan fingerprint density at radius 2 is 2.15 bits per heavy atom. The number of allylic oxidation sites excluding steroid dienone is 1. The molecule has 1 amide bonds. The van der Waals surface area contributed by atoms with E-state index < -0.39 is 11.7 Å². The lowest BCUT2D eigenvalue weighted by Crippen LogP contribution is -2.27. The molecule has 0 atom stereocenters. The summed E-state index contributed by atoms with van der Waals surface area (Å²) in [6.45, 7) is 5.36. The first-order valence-electron chi connectivity index (χ1n) is 6.20. The van der Waals surface area contributed by atoms with Crippen LogP contribution in [0.2, 0.25) is 0 Å². The molecule has 0 aliphatic carbocycles. The van der Waals surface area contributed by atoms with E-state index in [1.54, 1.807) is 52.2 Å². The van der Waals surface area contributed by atoms with Crippen LogP contribution in [-0.2, 0) is 4.74 Å². The van der Waals surface area contributed by atoms with E-state index in [4.69, 9.17) is 10.1 Å². The number of carbonyl (C=O) groups is 1. The van der Waals surface area contributed by atoms with Gasteiger partial charge in [-0.1, -0.05) is 0 Å². The molecule has 0 fully saturated rings. The molecular weight excluding hydrogens is 256 g/mol. The molecule has 1 aromatic heterocycles. The van der Waals surface area contributed by atoms with Crippen LogP contribution in [-0.4, -0.2) is 29.4 Å². The van der Waals surface area contributed by atoms with E-state index >= 15 is 0 Å². The number of pyridine rings is 1. The molecule has 0 unspecified atom stereocenters. The fourth-order valence-corrected chi connectivity index (χ4v) is 1.34. The third-order valence-electron chi connectivity index (χ3n) is 2.12. The predicted molar refractivity (Wildman–Crippen MR) is 79.1 cm³/mol. The summed E-state index contributed by atoms with van der Waals surface area (Å²) >= 11 is 0. The molecule has 0 bridgehead atoms. The van der Waals surface area contributed by atoms with Crippen molar-refractivity contribution in [2.75, 3.05) is 12.4 Å². The third-order valence-corrected chi connectivity index (χ3v) is 2.12. The molecule has 0 spiro atoms. The molecule has 6 heteroatoms. The number of nitrogens with one attached hydrogen (secondary N) is 3. The first-order valence-corrected chi connectivity index (χ1v) is 6.20. The van der Waals surface area contributed by atoms with E-state index in [-0.39, 0.29) is 0 Å². The second-order valence-corrected chi connectivity index (χ2v) is 5.09. The number of anilines is 1. The normalized spacial score (nSPS) is 11.2. The lowest BCUT2D eigenvalue weighted by Gasteiger charge is -2.19. The van der Waals surface area contributed by atoms with Crippen LogP contribution in [0, 0.1) is 5.41 Å². The summed E-state index contributed by atoms with van der Waals surface area (Å²) in [6.07, 6.45) is 4.24. The van der Waals surface area contributed by atoms with Crippen molar-refractivity contribution in [1.82, 2.24) is 10.3 Å². The minimum Gasteiger partial charge on any atom is -0.444 e. The molecule has 3 N–H and O–H groups in total. The Kier molecular flexibility index (Phi) is 5.25. The fourth-order valence-electron chi connectivity index (χ4n) is 1.34. The Balaban J connectivity index is 2.76. The van der Waals surface area contributed by atoms with E-state index in [0.29, 0.717) is 17.1 Å². The quantitative estimate of drug-likeness (QED) is 0.737. The maximum absolute atomic E-state index is 11.6. The Morgan fingerprint density at radius 3 is 2.75 bits per heavy atom. The van der Waals surface area contributed by atoms with Crippen molar-refractivity contribution in [3.8, 4) is 0 Å². The number of amides is 1. The summed E-state index contributed by atoms with van der Waals surface area (Å²) in [6, 6.07) is 3.31. The van der Waals surface area contributed by atoms with Gasteiger partial charge in [0.15, 0.2) is 0 Å². The van der Waals surface area contributed by atoms with Gasteiger partial charge in [0.2, 0.25) is 0 Å². The first-order chi connectivity index (χ1) is 9.31. The standard InChI is InChI=1S/C14H20N4O2/c1-14(2,3)20-13(19)18-12-9-10(5-8-17-12)11(15)6-7-16-4/h5-9,15-16H,1-4H3,(H,17,18,19)/b7-6-,15-11?. The van der Waals surface area contributed by atoms with Crippen molar-refractivity contribution in [2.24, 2.45) is 0 Å². The van der Waals surface area contributed by atoms with Gasteiger partial charge in [-0.2, -0.15) is 0 Å². The van der Waals surface area contributed by atoms with Gasteiger partial charge in [-0.15, -0.1) is 0 Å². The van der Waals surface area contributed by atoms with Gasteiger partial charge in [0, 0.05) is 18.8 Å². The van der Waals surface area contributed by atoms with Crippen molar-refractivity contribution in [3.05, 3.63) is 36.2 Å². The number of rotatable bonds is 4. The summed E-state index contributed by atoms with van der Waals surface area (Å²) in [7, 11) is 1.76. The molecule has 0 aromatic carbocycles. The average molecular weight is 276 g/mol. The van der Waals surface area contributed by atoms with Crippen LogP contribution in [0.4, 0.5) is 10.6 Å². The van der Waals surface area contributed by atoms with Crippen molar-refractivity contribution in [1.29, 1.82) is 5.41 Å². The number of nitrogens with zero attached hydrogens (tertiary/aromatic N) is 1. The van der Waals surface area contributed by atoms with E-state index in [2.05, 4.69) is 15.6 Å². The molecule has 0 aliphatic rings. The van der Waals surface area contributed by atoms with Gasteiger partial charge in [0.25, 0.3) is 0 Å². The van der Waals surface area contributed by atoms with Crippen LogP contribution in [0.15, 0.2) is 30.6 Å². The van der Waals surface area contributed by atoms with Crippen LogP contribution in [0.3, 0.4) is 0 Å². The van der Waals surface area contributed by atoms with E-state index in [0.717, 1.165) is 0 Å². The van der Waals surface area contributed by atoms with Gasteiger partial charge < -0.3 is 15.5 Å². The summed E-state index contributed by atoms with van der Waals surface area (Å²) in [4.78, 5) is 15.7. The minimum atomic E-state index is -0.570. The van der Waals surface area contributed by atoms with E-state index in [9.17, 15) is 4.79 Å². The smallest absolute Gasteiger partial charge is 0.413 e. The van der Waals surface area contributed by atoms with Gasteiger partial charge in [0.05, 0.1) is 5.71 Å². The molecule has 1 aromatic rings. The largest absolute Gasteiger partial charge is 0.444 e. The van der Waals surface area contributed by atoms with E-state index in [1.165, 1.54) is 6.20 Å². The van der Waals surface area contributed by atoms with Crippen molar-refractivity contribution >= 4 is 17.6 Å². The molecule has 20 heavy (non-hydrogen) atoms. The number of hydrogen-bond donors (Lipinski definition) is 3. The molecule has 108 valence electrons. The lowest BCUT2D eigenvalue weighted by molar-refractivity contribution is 0.0635. The number of ether oxygens (including phenoxy) is 1. The van der Waals surface area contributed by atoms with Crippen LogP contribution < -0.4 is 10.6 Å². The van der Waals surface area contributed by atoms with Gasteiger partial charge in [-0.05, 0) is 45.2 Å². The van der Waals surface area contributed by atoms with Gasteiger partial charge in [0.1, 0.15) is 11.4 Å². The van der Waals surface area contributed by atoms with Gasteiger partial charge in [-0.3, -0.25) is 5.32 Å². The van der Waals surface area contributed by atoms with Crippen LogP contribution in [0.25, 0.3) is 0 Å². The van der Waals surface area contributed by atoms with Crippen molar-refractivity contribution < 1.29 is 9.53 Å². The Morgan fingerprint density at radius 1 is 1.45 bits per heavy atom. The topological polar surface area (TPSA) is 87.1 Å². The second kappa shape index (κ2) is 6.70. The SMILES string of the molecule is CN/C=C\C(=N)c1ccnc(NC(=O)OC(C)(C)C)c1. The van der Waals surface area contributed by atoms with Crippen LogP contribution in [0.5, 0.6) is 0 Å². The highest BCUT2D eigenvalue weighted by Gasteiger charge is 2.16. The first kappa shape index (κ1) is 15.7. The number of aromatic nitrogens is 1. The third kappa shape index (κ3) is 5.51. The minimum absolute atomic E-state index is 0.314. The molecule has 0 saturated carbocycles. The highest BCUT2D eigenvalue weighted by molar-refractivity contribution is 6.07. The zero-order chi connectivity index (χ0) is 15.2. The second-order valence-electron chi connectivity index (χ2n) is 5.09. The van der Waals surface area contributed by atoms with Gasteiger partial charge in [-0.25, -0.2) is 9.78 Å². The summed E-state index contributed by atoms with van der Waals surface area (Å²) in [5.74, 6) is 0.347. The molecule has 0 saturated heterocycles. The van der Waals surface area contributed by atoms with Crippen LogP contribution in [0.1, 0.15) is 26.3 Å². The predicted octanol–water partition coefficient (Wildman–Crippen LogP) is 2.53. The van der Waals surface area contributed by atoms with Crippen LogP contribution >= 0.6 is 0 Å². The molecule has 0 aliphatic heterocycles. The highest BCUT2D eigenvalue weighted by atomic mass is 16.6. The highest BCUT2D eigenvalue weighted by Crippen LogP contribution is 2.11. The maximum atomic E-state index is 11.6. The monoisotopic (exact) mass is 276 g/mol. The number of carbonyl (C=O) groups excluding carboxylic acids is 1. The molecular formula is C14H20N4O2. The van der Waals surface area contributed by atoms with E-state index in [1.807, 2.05) is 0 Å². The van der Waals surface area contributed by atoms with Crippen molar-refractivity contribution in [2.45, 2.75) is 26.4 Å². The maximum Gasteiger partial charge on any atom is 0.413 e. The molecule has 1 heterocycles. The molecule has 6 nitrogen and oxygen atoms in total. The number of hydrogen-bond acceptors (Lipinski definition) is 5. The summed E-state index contributed by atoms with van der Waals surface area (Å²) in [5, 5.41) is 13.2. The Labute approximate surface area is 118 Å². The molecule has 1 rings (SSSR count). The van der Waals surface area contributed by atoms with Crippen molar-refractivity contribution in [3.63, 3.8) is 0 Å². The Hall–Kier alpha value is -2.37. The summed E-state index contributed by atoms with van der Waals surface area (Å²) in [5.41, 5.74) is 0.399. The lowest BCUT2D eigenvalue weighted by atomic mass is 10.1. The summed E-state index contributed by atoms with van der Waals surface area (Å²) < 4.78 is 5.14. The average Bonchev–Trinajstić information content (AvgIpc) is 2.33. The fraction of sp³-hybridized carbons (Fsp3) is 0.357. The zero-order valence-corrected chi connectivity index (χ0v) is 12.2. The Bertz CT molecular complexity index is 518. The van der Waals surface area contributed by atoms with Gasteiger partial charge >= 0.3 is 6.09 Å². The molecule has 0 radical (unpaired) electrons.